The Morgan fingerprint density at radius 3 is 2.53 bits per heavy atom. The van der Waals surface area contributed by atoms with Crippen LogP contribution in [-0.4, -0.2) is 69.9 Å². The highest BCUT2D eigenvalue weighted by atomic mass is 16.7. The Balaban J connectivity index is 1.42. The third-order valence-electron chi connectivity index (χ3n) is 8.01. The lowest BCUT2D eigenvalue weighted by molar-refractivity contribution is 0.0186. The molecule has 3 heterocycles. The number of hydrogen-bond donors (Lipinski definition) is 0. The van der Waals surface area contributed by atoms with E-state index in [1.807, 2.05) is 19.9 Å². The minimum absolute atomic E-state index is 0.0147. The van der Waals surface area contributed by atoms with Gasteiger partial charge in [0.05, 0.1) is 37.4 Å². The van der Waals surface area contributed by atoms with Crippen LogP contribution in [0.4, 0.5) is 0 Å². The van der Waals surface area contributed by atoms with Gasteiger partial charge in [-0.3, -0.25) is 4.90 Å². The van der Waals surface area contributed by atoms with Crippen LogP contribution < -0.4 is 23.7 Å². The third-order valence-corrected chi connectivity index (χ3v) is 8.01. The zero-order chi connectivity index (χ0) is 26.4. The SMILES string of the molecule is CCOc1cc(OCC)cc(C(=O)O[C@@H]2CN3Cc4c(cc5c(c4OC)OCO5)[C@@]24C=C[C@H](OC)C[C@H]34)c1. The van der Waals surface area contributed by atoms with Gasteiger partial charge in [0.25, 0.3) is 0 Å². The molecule has 2 bridgehead atoms. The van der Waals surface area contributed by atoms with Crippen molar-refractivity contribution in [3.05, 3.63) is 53.1 Å². The number of benzene rings is 2. The van der Waals surface area contributed by atoms with Crippen molar-refractivity contribution >= 4 is 5.97 Å². The lowest BCUT2D eigenvalue weighted by Gasteiger charge is -2.46. The van der Waals surface area contributed by atoms with Crippen molar-refractivity contribution in [1.29, 1.82) is 0 Å². The molecule has 1 unspecified atom stereocenters. The Bertz CT molecular complexity index is 1250. The number of methoxy groups -OCH3 is 2. The van der Waals surface area contributed by atoms with Crippen molar-refractivity contribution in [3.8, 4) is 28.7 Å². The molecule has 5 atom stereocenters. The number of ether oxygens (including phenoxy) is 7. The second-order valence-corrected chi connectivity index (χ2v) is 9.87. The lowest BCUT2D eigenvalue weighted by Crippen LogP contribution is -2.53. The second kappa shape index (κ2) is 9.71. The molecule has 2 aromatic rings. The van der Waals surface area contributed by atoms with Crippen LogP contribution in [0.3, 0.4) is 0 Å². The molecule has 2 aromatic carbocycles. The minimum atomic E-state index is -0.590. The van der Waals surface area contributed by atoms with Gasteiger partial charge in [-0.25, -0.2) is 4.79 Å². The molecule has 0 spiro atoms. The third kappa shape index (κ3) is 3.79. The van der Waals surface area contributed by atoms with E-state index in [9.17, 15) is 4.79 Å². The second-order valence-electron chi connectivity index (χ2n) is 9.87. The van der Waals surface area contributed by atoms with Gasteiger partial charge in [-0.15, -0.1) is 0 Å². The highest BCUT2D eigenvalue weighted by molar-refractivity contribution is 5.91. The van der Waals surface area contributed by atoms with Gasteiger partial charge in [0.2, 0.25) is 12.5 Å². The largest absolute Gasteiger partial charge is 0.494 e. The van der Waals surface area contributed by atoms with E-state index in [1.54, 1.807) is 32.4 Å². The highest BCUT2D eigenvalue weighted by Crippen LogP contribution is 2.58. The van der Waals surface area contributed by atoms with Crippen molar-refractivity contribution < 1.29 is 38.0 Å². The molecule has 4 aliphatic rings. The van der Waals surface area contributed by atoms with Crippen LogP contribution in [0.5, 0.6) is 28.7 Å². The first-order valence-electron chi connectivity index (χ1n) is 13.1. The Labute approximate surface area is 222 Å². The summed E-state index contributed by atoms with van der Waals surface area (Å²) in [6.07, 6.45) is 4.57. The van der Waals surface area contributed by atoms with E-state index in [1.165, 1.54) is 0 Å². The Hall–Kier alpha value is -3.43. The predicted molar refractivity (Wildman–Crippen MR) is 138 cm³/mol. The number of hydrogen-bond acceptors (Lipinski definition) is 9. The van der Waals surface area contributed by atoms with E-state index in [2.05, 4.69) is 17.1 Å². The van der Waals surface area contributed by atoms with Gasteiger partial charge in [-0.1, -0.05) is 12.2 Å². The Kier molecular flexibility index (Phi) is 6.36. The van der Waals surface area contributed by atoms with Crippen LogP contribution in [0.2, 0.25) is 0 Å². The van der Waals surface area contributed by atoms with Crippen molar-refractivity contribution in [2.75, 3.05) is 40.8 Å². The molecule has 1 saturated heterocycles. The molecular weight excluding hydrogens is 490 g/mol. The number of carbonyl (C=O) groups is 1. The fraction of sp³-hybridized carbons (Fsp3) is 0.483. The van der Waals surface area contributed by atoms with E-state index in [0.717, 1.165) is 17.5 Å². The van der Waals surface area contributed by atoms with Gasteiger partial charge in [-0.2, -0.15) is 0 Å². The van der Waals surface area contributed by atoms with Gasteiger partial charge < -0.3 is 33.2 Å². The van der Waals surface area contributed by atoms with Crippen molar-refractivity contribution in [2.24, 2.45) is 0 Å². The van der Waals surface area contributed by atoms with Gasteiger partial charge >= 0.3 is 5.97 Å². The Morgan fingerprint density at radius 1 is 1.08 bits per heavy atom. The van der Waals surface area contributed by atoms with Gasteiger partial charge in [-0.05, 0) is 44.0 Å². The summed E-state index contributed by atoms with van der Waals surface area (Å²) in [5.74, 6) is 2.67. The molecule has 202 valence electrons. The molecule has 9 nitrogen and oxygen atoms in total. The van der Waals surface area contributed by atoms with E-state index >= 15 is 0 Å². The molecule has 1 fully saturated rings. The first-order valence-corrected chi connectivity index (χ1v) is 13.1. The highest BCUT2D eigenvalue weighted by Gasteiger charge is 2.61. The van der Waals surface area contributed by atoms with Gasteiger partial charge in [0.15, 0.2) is 11.5 Å². The molecule has 1 aliphatic carbocycles. The van der Waals surface area contributed by atoms with Crippen molar-refractivity contribution in [3.63, 3.8) is 0 Å². The molecule has 0 radical (unpaired) electrons. The number of nitrogens with zero attached hydrogens (tertiary/aromatic N) is 1. The number of fused-ring (bicyclic) bond motifs is 2. The smallest absolute Gasteiger partial charge is 0.338 e. The van der Waals surface area contributed by atoms with Crippen LogP contribution in [0.15, 0.2) is 36.4 Å². The van der Waals surface area contributed by atoms with E-state index in [4.69, 9.17) is 33.2 Å². The molecule has 9 heteroatoms. The standard InChI is InChI=1S/C29H33NO8/c1-5-34-19-9-17(10-20(11-19)35-6-2)28(31)38-25-15-30-14-21-22(13-23-27(26(21)33-4)37-16-36-23)29(25)8-7-18(32-3)12-24(29)30/h7-11,13,18,24-25H,5-6,12,14-16H2,1-4H3/t18-,24-,25+,29+/m0/s1. The lowest BCUT2D eigenvalue weighted by atomic mass is 9.65. The molecule has 0 N–H and O–H groups in total. The fourth-order valence-corrected chi connectivity index (χ4v) is 6.46. The van der Waals surface area contributed by atoms with E-state index in [0.29, 0.717) is 60.6 Å². The normalized spacial score (nSPS) is 27.9. The first-order chi connectivity index (χ1) is 18.5. The molecule has 0 saturated carbocycles. The van der Waals surface area contributed by atoms with Crippen LogP contribution in [0.1, 0.15) is 41.8 Å². The van der Waals surface area contributed by atoms with Crippen LogP contribution >= 0.6 is 0 Å². The quantitative estimate of drug-likeness (QED) is 0.378. The maximum atomic E-state index is 13.6. The maximum Gasteiger partial charge on any atom is 0.338 e. The summed E-state index contributed by atoms with van der Waals surface area (Å²) in [4.78, 5) is 16.0. The van der Waals surface area contributed by atoms with Crippen LogP contribution in [0.25, 0.3) is 0 Å². The number of carbonyl (C=O) groups excluding carboxylic acids is 1. The summed E-state index contributed by atoms with van der Waals surface area (Å²) in [5.41, 5.74) is 1.87. The van der Waals surface area contributed by atoms with Crippen LogP contribution in [-0.2, 0) is 21.4 Å². The number of rotatable bonds is 8. The van der Waals surface area contributed by atoms with Gasteiger partial charge in [0, 0.05) is 37.9 Å². The molecule has 0 aromatic heterocycles. The molecule has 6 rings (SSSR count). The summed E-state index contributed by atoms with van der Waals surface area (Å²) in [6.45, 7) is 6.13. The molecular formula is C29H33NO8. The molecule has 0 amide bonds. The fourth-order valence-electron chi connectivity index (χ4n) is 6.46. The monoisotopic (exact) mass is 523 g/mol. The maximum absolute atomic E-state index is 13.6. The van der Waals surface area contributed by atoms with Gasteiger partial charge in [0.1, 0.15) is 17.6 Å². The summed E-state index contributed by atoms with van der Waals surface area (Å²) in [5, 5.41) is 0. The molecule has 38 heavy (non-hydrogen) atoms. The zero-order valence-corrected chi connectivity index (χ0v) is 22.2. The topological polar surface area (TPSA) is 84.9 Å². The summed E-state index contributed by atoms with van der Waals surface area (Å²) in [6, 6.07) is 7.32. The minimum Gasteiger partial charge on any atom is -0.494 e. The molecule has 3 aliphatic heterocycles. The van der Waals surface area contributed by atoms with Crippen molar-refractivity contribution in [1.82, 2.24) is 4.90 Å². The average Bonchev–Trinajstić information content (AvgIpc) is 3.48. The first kappa shape index (κ1) is 24.9. The van der Waals surface area contributed by atoms with E-state index < -0.39 is 17.5 Å². The summed E-state index contributed by atoms with van der Waals surface area (Å²) < 4.78 is 40.8. The summed E-state index contributed by atoms with van der Waals surface area (Å²) in [7, 11) is 3.37. The predicted octanol–water partition coefficient (Wildman–Crippen LogP) is 3.86. The Morgan fingerprint density at radius 2 is 1.84 bits per heavy atom. The van der Waals surface area contributed by atoms with E-state index in [-0.39, 0.29) is 18.9 Å². The van der Waals surface area contributed by atoms with Crippen molar-refractivity contribution in [2.45, 2.75) is 50.5 Å². The average molecular weight is 524 g/mol. The number of esters is 1. The van der Waals surface area contributed by atoms with Crippen LogP contribution in [0, 0.1) is 0 Å². The summed E-state index contributed by atoms with van der Waals surface area (Å²) >= 11 is 0. The zero-order valence-electron chi connectivity index (χ0n) is 22.2.